The summed E-state index contributed by atoms with van der Waals surface area (Å²) in [7, 11) is 0. The number of hydrogen-bond acceptors (Lipinski definition) is 4. The maximum absolute atomic E-state index is 12.0. The standard InChI is InChI=1S/C17H13N3OS/c21-17(15-9-5-11-22-15)20-19-16(13-6-2-1-3-7-13)14-8-4-10-18-12-14/h1-12H,(H,20,21). The van der Waals surface area contributed by atoms with Crippen LogP contribution in [0.4, 0.5) is 0 Å². The van der Waals surface area contributed by atoms with Gasteiger partial charge in [-0.1, -0.05) is 36.4 Å². The van der Waals surface area contributed by atoms with Gasteiger partial charge in [-0.25, -0.2) is 5.43 Å². The van der Waals surface area contributed by atoms with Crippen LogP contribution in [-0.2, 0) is 0 Å². The van der Waals surface area contributed by atoms with Gasteiger partial charge in [-0.05, 0) is 23.6 Å². The van der Waals surface area contributed by atoms with Gasteiger partial charge in [0.1, 0.15) is 0 Å². The highest BCUT2D eigenvalue weighted by molar-refractivity contribution is 7.12. The molecule has 0 fully saturated rings. The predicted molar refractivity (Wildman–Crippen MR) is 88.1 cm³/mol. The van der Waals surface area contributed by atoms with Crippen LogP contribution >= 0.6 is 11.3 Å². The van der Waals surface area contributed by atoms with Crippen LogP contribution in [0.3, 0.4) is 0 Å². The van der Waals surface area contributed by atoms with Crippen molar-refractivity contribution in [3.05, 3.63) is 88.4 Å². The zero-order chi connectivity index (χ0) is 15.2. The third-order valence-corrected chi connectivity index (χ3v) is 3.87. The number of hydrogen-bond donors (Lipinski definition) is 1. The molecule has 3 aromatic rings. The summed E-state index contributed by atoms with van der Waals surface area (Å²) >= 11 is 1.38. The number of amides is 1. The minimum Gasteiger partial charge on any atom is -0.266 e. The normalized spacial score (nSPS) is 11.2. The summed E-state index contributed by atoms with van der Waals surface area (Å²) in [5.74, 6) is -0.215. The second-order valence-corrected chi connectivity index (χ2v) is 5.43. The van der Waals surface area contributed by atoms with Gasteiger partial charge >= 0.3 is 0 Å². The number of thiophene rings is 1. The van der Waals surface area contributed by atoms with E-state index in [-0.39, 0.29) is 5.91 Å². The second-order valence-electron chi connectivity index (χ2n) is 4.49. The molecular formula is C17H13N3OS. The van der Waals surface area contributed by atoms with Crippen LogP contribution < -0.4 is 5.43 Å². The van der Waals surface area contributed by atoms with Crippen molar-refractivity contribution in [1.29, 1.82) is 0 Å². The van der Waals surface area contributed by atoms with Gasteiger partial charge in [-0.3, -0.25) is 9.78 Å². The molecule has 1 aromatic carbocycles. The third kappa shape index (κ3) is 3.27. The van der Waals surface area contributed by atoms with E-state index in [0.717, 1.165) is 11.1 Å². The summed E-state index contributed by atoms with van der Waals surface area (Å²) in [6.07, 6.45) is 3.43. The molecule has 0 radical (unpaired) electrons. The van der Waals surface area contributed by atoms with Gasteiger partial charge in [0.05, 0.1) is 10.6 Å². The van der Waals surface area contributed by atoms with E-state index in [4.69, 9.17) is 0 Å². The van der Waals surface area contributed by atoms with Gasteiger partial charge in [0.25, 0.3) is 5.91 Å². The van der Waals surface area contributed by atoms with E-state index in [1.54, 1.807) is 18.5 Å². The van der Waals surface area contributed by atoms with Crippen molar-refractivity contribution < 1.29 is 4.79 Å². The molecule has 0 aliphatic rings. The van der Waals surface area contributed by atoms with E-state index in [1.807, 2.05) is 53.9 Å². The van der Waals surface area contributed by atoms with Crippen molar-refractivity contribution in [3.8, 4) is 0 Å². The van der Waals surface area contributed by atoms with Gasteiger partial charge < -0.3 is 0 Å². The largest absolute Gasteiger partial charge is 0.281 e. The molecular weight excluding hydrogens is 294 g/mol. The van der Waals surface area contributed by atoms with E-state index in [0.29, 0.717) is 10.6 Å². The Hall–Kier alpha value is -2.79. The highest BCUT2D eigenvalue weighted by atomic mass is 32.1. The molecule has 0 atom stereocenters. The number of aromatic nitrogens is 1. The number of pyridine rings is 1. The predicted octanol–water partition coefficient (Wildman–Crippen LogP) is 3.33. The van der Waals surface area contributed by atoms with Gasteiger partial charge in [0.2, 0.25) is 0 Å². The van der Waals surface area contributed by atoms with Crippen molar-refractivity contribution in [2.75, 3.05) is 0 Å². The molecule has 0 bridgehead atoms. The molecule has 108 valence electrons. The number of benzene rings is 1. The van der Waals surface area contributed by atoms with Crippen LogP contribution in [0.1, 0.15) is 20.8 Å². The molecule has 22 heavy (non-hydrogen) atoms. The lowest BCUT2D eigenvalue weighted by molar-refractivity contribution is 0.0959. The summed E-state index contributed by atoms with van der Waals surface area (Å²) < 4.78 is 0. The Labute approximate surface area is 132 Å². The Bertz CT molecular complexity index is 727. The Balaban J connectivity index is 1.92. The van der Waals surface area contributed by atoms with Gasteiger partial charge in [0.15, 0.2) is 0 Å². The topological polar surface area (TPSA) is 54.4 Å². The first-order valence-electron chi connectivity index (χ1n) is 6.72. The van der Waals surface area contributed by atoms with E-state index >= 15 is 0 Å². The summed E-state index contributed by atoms with van der Waals surface area (Å²) in [5.41, 5.74) is 5.06. The van der Waals surface area contributed by atoms with Crippen LogP contribution in [-0.4, -0.2) is 16.6 Å². The molecule has 0 saturated carbocycles. The van der Waals surface area contributed by atoms with Crippen LogP contribution in [0, 0.1) is 0 Å². The molecule has 1 amide bonds. The Morgan fingerprint density at radius 3 is 2.50 bits per heavy atom. The lowest BCUT2D eigenvalue weighted by Crippen LogP contribution is -2.19. The van der Waals surface area contributed by atoms with Crippen molar-refractivity contribution >= 4 is 23.0 Å². The van der Waals surface area contributed by atoms with E-state index in [1.165, 1.54) is 11.3 Å². The minimum atomic E-state index is -0.215. The Morgan fingerprint density at radius 1 is 1.00 bits per heavy atom. The molecule has 0 saturated heterocycles. The van der Waals surface area contributed by atoms with Gasteiger partial charge in [0, 0.05) is 23.5 Å². The van der Waals surface area contributed by atoms with Crippen molar-refractivity contribution in [1.82, 2.24) is 10.4 Å². The van der Waals surface area contributed by atoms with Crippen LogP contribution in [0.25, 0.3) is 0 Å². The van der Waals surface area contributed by atoms with Crippen molar-refractivity contribution in [2.45, 2.75) is 0 Å². The average molecular weight is 307 g/mol. The Morgan fingerprint density at radius 2 is 1.82 bits per heavy atom. The van der Waals surface area contributed by atoms with E-state index < -0.39 is 0 Å². The fourth-order valence-electron chi connectivity index (χ4n) is 1.96. The fraction of sp³-hybridized carbons (Fsp3) is 0. The molecule has 5 heteroatoms. The molecule has 0 unspecified atom stereocenters. The van der Waals surface area contributed by atoms with Gasteiger partial charge in [-0.15, -0.1) is 11.3 Å². The smallest absolute Gasteiger partial charge is 0.266 e. The summed E-state index contributed by atoms with van der Waals surface area (Å²) in [5, 5.41) is 6.16. The average Bonchev–Trinajstić information content (AvgIpc) is 3.11. The third-order valence-electron chi connectivity index (χ3n) is 3.00. The molecule has 4 nitrogen and oxygen atoms in total. The summed E-state index contributed by atoms with van der Waals surface area (Å²) in [4.78, 5) is 16.8. The van der Waals surface area contributed by atoms with Crippen LogP contribution in [0.2, 0.25) is 0 Å². The molecule has 0 spiro atoms. The zero-order valence-corrected chi connectivity index (χ0v) is 12.5. The molecule has 0 aliphatic carbocycles. The number of nitrogens with one attached hydrogen (secondary N) is 1. The first-order chi connectivity index (χ1) is 10.8. The minimum absolute atomic E-state index is 0.215. The van der Waals surface area contributed by atoms with Crippen molar-refractivity contribution in [3.63, 3.8) is 0 Å². The Kier molecular flexibility index (Phi) is 4.36. The van der Waals surface area contributed by atoms with E-state index in [9.17, 15) is 4.79 Å². The van der Waals surface area contributed by atoms with Crippen LogP contribution in [0.5, 0.6) is 0 Å². The summed E-state index contributed by atoms with van der Waals surface area (Å²) in [6, 6.07) is 17.1. The fourth-order valence-corrected chi connectivity index (χ4v) is 2.58. The van der Waals surface area contributed by atoms with E-state index in [2.05, 4.69) is 15.5 Å². The molecule has 0 aliphatic heterocycles. The first kappa shape index (κ1) is 14.2. The number of rotatable bonds is 4. The first-order valence-corrected chi connectivity index (χ1v) is 7.60. The SMILES string of the molecule is O=C(NN=C(c1ccccc1)c1cccnc1)c1cccs1. The summed E-state index contributed by atoms with van der Waals surface area (Å²) in [6.45, 7) is 0. The van der Waals surface area contributed by atoms with Crippen molar-refractivity contribution in [2.24, 2.45) is 5.10 Å². The number of hydrazone groups is 1. The maximum atomic E-state index is 12.0. The molecule has 1 N–H and O–H groups in total. The number of carbonyl (C=O) groups is 1. The lowest BCUT2D eigenvalue weighted by Gasteiger charge is -2.07. The molecule has 2 heterocycles. The number of nitrogens with zero attached hydrogens (tertiary/aromatic N) is 2. The highest BCUT2D eigenvalue weighted by Gasteiger charge is 2.09. The lowest BCUT2D eigenvalue weighted by atomic mass is 10.0. The number of carbonyl (C=O) groups excluding carboxylic acids is 1. The quantitative estimate of drug-likeness (QED) is 0.594. The maximum Gasteiger partial charge on any atom is 0.281 e. The monoisotopic (exact) mass is 307 g/mol. The second kappa shape index (κ2) is 6.78. The van der Waals surface area contributed by atoms with Crippen LogP contribution in [0.15, 0.2) is 77.5 Å². The highest BCUT2D eigenvalue weighted by Crippen LogP contribution is 2.11. The zero-order valence-electron chi connectivity index (χ0n) is 11.6. The molecule has 2 aromatic heterocycles. The van der Waals surface area contributed by atoms with Gasteiger partial charge in [-0.2, -0.15) is 5.10 Å². The molecule has 3 rings (SSSR count).